The van der Waals surface area contributed by atoms with Crippen molar-refractivity contribution in [1.82, 2.24) is 4.90 Å². The van der Waals surface area contributed by atoms with Crippen LogP contribution in [0.3, 0.4) is 0 Å². The van der Waals surface area contributed by atoms with Gasteiger partial charge in [0.05, 0.1) is 11.8 Å². The molecule has 0 aromatic heterocycles. The van der Waals surface area contributed by atoms with Gasteiger partial charge < -0.3 is 5.21 Å². The molecule has 2 bridgehead atoms. The van der Waals surface area contributed by atoms with Crippen LogP contribution in [0.1, 0.15) is 52.9 Å². The van der Waals surface area contributed by atoms with Crippen LogP contribution in [-0.2, 0) is 0 Å². The largest absolute Gasteiger partial charge is 0.411 e. The van der Waals surface area contributed by atoms with Crippen molar-refractivity contribution in [3.63, 3.8) is 0 Å². The van der Waals surface area contributed by atoms with Crippen LogP contribution >= 0.6 is 0 Å². The molecular weight excluding hydrogens is 224 g/mol. The summed E-state index contributed by atoms with van der Waals surface area (Å²) in [5, 5.41) is 13.3. The lowest BCUT2D eigenvalue weighted by Crippen LogP contribution is -2.48. The van der Waals surface area contributed by atoms with Crippen LogP contribution in [0.15, 0.2) is 5.16 Å². The highest BCUT2D eigenvalue weighted by Gasteiger charge is 2.66. The Morgan fingerprint density at radius 3 is 2.44 bits per heavy atom. The maximum atomic E-state index is 9.55. The van der Waals surface area contributed by atoms with E-state index in [1.54, 1.807) is 0 Å². The van der Waals surface area contributed by atoms with Gasteiger partial charge in [0.1, 0.15) is 0 Å². The number of likely N-dealkylation sites (tertiary alicyclic amines) is 1. The van der Waals surface area contributed by atoms with Crippen molar-refractivity contribution in [2.75, 3.05) is 13.1 Å². The second kappa shape index (κ2) is 3.96. The van der Waals surface area contributed by atoms with Crippen molar-refractivity contribution in [1.29, 1.82) is 0 Å². The number of piperidine rings is 1. The second-order valence-electron chi connectivity index (χ2n) is 7.23. The molecule has 3 heteroatoms. The zero-order valence-corrected chi connectivity index (χ0v) is 11.9. The summed E-state index contributed by atoms with van der Waals surface area (Å²) in [6.45, 7) is 9.43. The van der Waals surface area contributed by atoms with E-state index in [-0.39, 0.29) is 10.8 Å². The fourth-order valence-corrected chi connectivity index (χ4v) is 4.86. The van der Waals surface area contributed by atoms with Crippen LogP contribution in [0.4, 0.5) is 0 Å². The van der Waals surface area contributed by atoms with Crippen molar-refractivity contribution in [2.45, 2.75) is 58.9 Å². The lowest BCUT2D eigenvalue weighted by molar-refractivity contribution is 0.118. The molecule has 2 unspecified atom stereocenters. The molecule has 3 aliphatic rings. The molecule has 18 heavy (non-hydrogen) atoms. The molecule has 0 amide bonds. The second-order valence-corrected chi connectivity index (χ2v) is 7.23. The third-order valence-electron chi connectivity index (χ3n) is 6.42. The molecule has 2 saturated carbocycles. The van der Waals surface area contributed by atoms with Crippen LogP contribution in [-0.4, -0.2) is 35.0 Å². The van der Waals surface area contributed by atoms with Gasteiger partial charge in [-0.1, -0.05) is 32.3 Å². The van der Waals surface area contributed by atoms with E-state index in [0.717, 1.165) is 5.71 Å². The van der Waals surface area contributed by atoms with Gasteiger partial charge in [-0.15, -0.1) is 0 Å². The Morgan fingerprint density at radius 1 is 1.17 bits per heavy atom. The van der Waals surface area contributed by atoms with E-state index in [9.17, 15) is 5.21 Å². The molecule has 1 saturated heterocycles. The van der Waals surface area contributed by atoms with E-state index >= 15 is 0 Å². The fraction of sp³-hybridized carbons (Fsp3) is 0.933. The van der Waals surface area contributed by atoms with Gasteiger partial charge in [-0.25, -0.2) is 0 Å². The molecule has 0 spiro atoms. The van der Waals surface area contributed by atoms with Crippen molar-refractivity contribution in [3.05, 3.63) is 0 Å². The Hall–Kier alpha value is -0.570. The molecule has 3 atom stereocenters. The van der Waals surface area contributed by atoms with Crippen LogP contribution in [0.2, 0.25) is 0 Å². The van der Waals surface area contributed by atoms with Gasteiger partial charge in [0.25, 0.3) is 0 Å². The standard InChI is InChI=1S/C15H26N2O/c1-14(2)11-7-8-15(14,3)13(16-18)12(11)17-9-5-4-6-10-17/h11-12,18H,4-10H2,1-3H3/b16-13+/t11?,12-,15?/m1/s1. The van der Waals surface area contributed by atoms with Crippen LogP contribution < -0.4 is 0 Å². The van der Waals surface area contributed by atoms with E-state index in [1.807, 2.05) is 0 Å². The number of nitrogens with zero attached hydrogens (tertiary/aromatic N) is 2. The van der Waals surface area contributed by atoms with Crippen molar-refractivity contribution >= 4 is 5.71 Å². The van der Waals surface area contributed by atoms with Crippen molar-refractivity contribution < 1.29 is 5.21 Å². The average Bonchev–Trinajstić information content (AvgIpc) is 2.70. The van der Waals surface area contributed by atoms with Gasteiger partial charge in [0.15, 0.2) is 0 Å². The smallest absolute Gasteiger partial charge is 0.0809 e. The third kappa shape index (κ3) is 1.37. The molecule has 0 aromatic carbocycles. The van der Waals surface area contributed by atoms with Crippen molar-refractivity contribution in [2.24, 2.45) is 21.9 Å². The summed E-state index contributed by atoms with van der Waals surface area (Å²) in [6, 6.07) is 0.407. The van der Waals surface area contributed by atoms with Gasteiger partial charge in [0.2, 0.25) is 0 Å². The van der Waals surface area contributed by atoms with Crippen molar-refractivity contribution in [3.8, 4) is 0 Å². The summed E-state index contributed by atoms with van der Waals surface area (Å²) in [5.74, 6) is 0.673. The first-order valence-corrected chi connectivity index (χ1v) is 7.49. The molecule has 0 aromatic rings. The Balaban J connectivity index is 1.96. The number of hydrogen-bond donors (Lipinski definition) is 1. The summed E-state index contributed by atoms with van der Waals surface area (Å²) >= 11 is 0. The van der Waals surface area contributed by atoms with Gasteiger partial charge in [-0.2, -0.15) is 0 Å². The van der Waals surface area contributed by atoms with E-state index in [4.69, 9.17) is 0 Å². The van der Waals surface area contributed by atoms with Gasteiger partial charge in [-0.3, -0.25) is 4.90 Å². The Bertz CT molecular complexity index is 371. The minimum Gasteiger partial charge on any atom is -0.411 e. The molecule has 1 N–H and O–H groups in total. The van der Waals surface area contributed by atoms with E-state index in [1.165, 1.54) is 45.2 Å². The topological polar surface area (TPSA) is 35.8 Å². The Morgan fingerprint density at radius 2 is 1.83 bits per heavy atom. The molecule has 3 rings (SSSR count). The highest BCUT2D eigenvalue weighted by Crippen LogP contribution is 2.65. The molecular formula is C15H26N2O. The summed E-state index contributed by atoms with van der Waals surface area (Å²) in [6.07, 6.45) is 6.45. The molecule has 102 valence electrons. The zero-order valence-electron chi connectivity index (χ0n) is 11.9. The summed E-state index contributed by atoms with van der Waals surface area (Å²) in [7, 11) is 0. The summed E-state index contributed by atoms with van der Waals surface area (Å²) in [5.41, 5.74) is 1.45. The molecule has 3 fully saturated rings. The normalized spacial score (nSPS) is 45.8. The SMILES string of the molecule is CC12CCC([C@@H](N3CCCCC3)/C1=N\O)C2(C)C. The predicted molar refractivity (Wildman–Crippen MR) is 73.0 cm³/mol. The zero-order chi connectivity index (χ0) is 13.0. The molecule has 0 radical (unpaired) electrons. The van der Waals surface area contributed by atoms with Gasteiger partial charge in [-0.05, 0) is 50.1 Å². The Labute approximate surface area is 110 Å². The first-order chi connectivity index (χ1) is 8.52. The van der Waals surface area contributed by atoms with E-state index in [2.05, 4.69) is 30.8 Å². The summed E-state index contributed by atoms with van der Waals surface area (Å²) < 4.78 is 0. The van der Waals surface area contributed by atoms with Crippen LogP contribution in [0.5, 0.6) is 0 Å². The molecule has 1 aliphatic heterocycles. The summed E-state index contributed by atoms with van der Waals surface area (Å²) in [4.78, 5) is 2.59. The van der Waals surface area contributed by atoms with Crippen LogP contribution in [0, 0.1) is 16.7 Å². The number of oxime groups is 1. The fourth-order valence-electron chi connectivity index (χ4n) is 4.86. The Kier molecular flexibility index (Phi) is 2.74. The molecule has 1 heterocycles. The minimum absolute atomic E-state index is 0.106. The minimum atomic E-state index is 0.106. The van der Waals surface area contributed by atoms with E-state index in [0.29, 0.717) is 12.0 Å². The lowest BCUT2D eigenvalue weighted by atomic mass is 9.70. The molecule has 3 nitrogen and oxygen atoms in total. The quantitative estimate of drug-likeness (QED) is 0.573. The first kappa shape index (κ1) is 12.5. The maximum absolute atomic E-state index is 9.55. The highest BCUT2D eigenvalue weighted by molar-refractivity contribution is 5.98. The first-order valence-electron chi connectivity index (χ1n) is 7.49. The van der Waals surface area contributed by atoms with Gasteiger partial charge in [0, 0.05) is 5.41 Å². The lowest BCUT2D eigenvalue weighted by Gasteiger charge is -2.38. The third-order valence-corrected chi connectivity index (χ3v) is 6.42. The molecule has 2 aliphatic carbocycles. The van der Waals surface area contributed by atoms with Gasteiger partial charge >= 0.3 is 0 Å². The van der Waals surface area contributed by atoms with E-state index < -0.39 is 0 Å². The number of rotatable bonds is 1. The monoisotopic (exact) mass is 250 g/mol. The predicted octanol–water partition coefficient (Wildman–Crippen LogP) is 3.13. The average molecular weight is 250 g/mol. The number of hydrogen-bond acceptors (Lipinski definition) is 3. The highest BCUT2D eigenvalue weighted by atomic mass is 16.4. The number of fused-ring (bicyclic) bond motifs is 2. The maximum Gasteiger partial charge on any atom is 0.0809 e. The van der Waals surface area contributed by atoms with Crippen LogP contribution in [0.25, 0.3) is 0 Å².